The van der Waals surface area contributed by atoms with E-state index in [1.165, 1.54) is 5.69 Å². The number of aromatic nitrogens is 3. The number of benzene rings is 2. The average Bonchev–Trinajstić information content (AvgIpc) is 3.34. The molecule has 7 nitrogen and oxygen atoms in total. The molecular weight excluding hydrogens is 438 g/mol. The van der Waals surface area contributed by atoms with Crippen LogP contribution in [0, 0.1) is 0 Å². The van der Waals surface area contributed by atoms with Gasteiger partial charge in [-0.3, -0.25) is 14.5 Å². The van der Waals surface area contributed by atoms with Gasteiger partial charge in [-0.15, -0.1) is 0 Å². The number of morpholine rings is 1. The van der Waals surface area contributed by atoms with E-state index in [0.29, 0.717) is 24.3 Å². The lowest BCUT2D eigenvalue weighted by Crippen LogP contribution is -2.36. The van der Waals surface area contributed by atoms with Gasteiger partial charge in [0.05, 0.1) is 25.3 Å². The molecule has 35 heavy (non-hydrogen) atoms. The van der Waals surface area contributed by atoms with E-state index in [0.717, 1.165) is 43.0 Å². The van der Waals surface area contributed by atoms with Crippen molar-refractivity contribution in [3.63, 3.8) is 0 Å². The minimum Gasteiger partial charge on any atom is -0.378 e. The van der Waals surface area contributed by atoms with Crippen molar-refractivity contribution in [3.05, 3.63) is 102 Å². The van der Waals surface area contributed by atoms with Crippen molar-refractivity contribution < 1.29 is 9.53 Å². The number of pyridine rings is 1. The maximum Gasteiger partial charge on any atom is 0.257 e. The molecule has 0 saturated carbocycles. The van der Waals surface area contributed by atoms with E-state index in [1.54, 1.807) is 17.3 Å². The number of anilines is 1. The second-order valence-electron chi connectivity index (χ2n) is 8.74. The van der Waals surface area contributed by atoms with E-state index >= 15 is 0 Å². The Hall–Kier alpha value is -3.97. The number of nitrogens with zero attached hydrogens (tertiary/aromatic N) is 5. The summed E-state index contributed by atoms with van der Waals surface area (Å²) in [5.41, 5.74) is 5.44. The Morgan fingerprint density at radius 2 is 1.74 bits per heavy atom. The third kappa shape index (κ3) is 5.41. The third-order valence-electron chi connectivity index (χ3n) is 6.19. The van der Waals surface area contributed by atoms with E-state index in [1.807, 2.05) is 48.3 Å². The molecule has 7 heteroatoms. The zero-order valence-electron chi connectivity index (χ0n) is 19.9. The van der Waals surface area contributed by atoms with Crippen LogP contribution in [-0.2, 0) is 17.8 Å². The molecule has 178 valence electrons. The molecule has 2 aromatic carbocycles. The van der Waals surface area contributed by atoms with Gasteiger partial charge in [-0.1, -0.05) is 42.5 Å². The molecule has 0 atom stereocenters. The molecule has 1 aliphatic heterocycles. The number of rotatable bonds is 7. The molecule has 0 unspecified atom stereocenters. The van der Waals surface area contributed by atoms with Gasteiger partial charge in [-0.2, -0.15) is 5.10 Å². The van der Waals surface area contributed by atoms with Crippen LogP contribution in [0.3, 0.4) is 0 Å². The largest absolute Gasteiger partial charge is 0.378 e. The molecule has 0 aliphatic carbocycles. The fourth-order valence-corrected chi connectivity index (χ4v) is 4.33. The van der Waals surface area contributed by atoms with Crippen LogP contribution < -0.4 is 4.90 Å². The summed E-state index contributed by atoms with van der Waals surface area (Å²) in [5, 5.41) is 4.76. The summed E-state index contributed by atoms with van der Waals surface area (Å²) in [4.78, 5) is 21.8. The molecule has 5 rings (SSSR count). The van der Waals surface area contributed by atoms with Crippen molar-refractivity contribution >= 4 is 11.6 Å². The predicted octanol–water partition coefficient (Wildman–Crippen LogP) is 4.10. The van der Waals surface area contributed by atoms with Crippen molar-refractivity contribution in [1.82, 2.24) is 19.7 Å². The van der Waals surface area contributed by atoms with Crippen molar-refractivity contribution in [3.8, 4) is 11.3 Å². The summed E-state index contributed by atoms with van der Waals surface area (Å²) in [5.74, 6) is -0.0691. The van der Waals surface area contributed by atoms with Crippen LogP contribution in [0.15, 0.2) is 85.3 Å². The highest BCUT2D eigenvalue weighted by atomic mass is 16.5. The number of carbonyl (C=O) groups excluding carboxylic acids is 1. The van der Waals surface area contributed by atoms with Gasteiger partial charge >= 0.3 is 0 Å². The Balaban J connectivity index is 1.35. The standard InChI is InChI=1S/C28H29N5O2/c1-31(19-23-9-11-25(12-10-23)32-14-16-35-17-15-32)28(34)26-21-33(20-22-6-3-2-4-7-22)30-27(26)24-8-5-13-29-18-24/h2-13,18,21H,14-17,19-20H2,1H3. The zero-order chi connectivity index (χ0) is 24.0. The van der Waals surface area contributed by atoms with Crippen molar-refractivity contribution in [2.24, 2.45) is 0 Å². The molecule has 4 aromatic rings. The molecule has 1 saturated heterocycles. The minimum absolute atomic E-state index is 0.0691. The highest BCUT2D eigenvalue weighted by Gasteiger charge is 2.22. The first-order chi connectivity index (χ1) is 17.2. The summed E-state index contributed by atoms with van der Waals surface area (Å²) in [6, 6.07) is 22.3. The lowest BCUT2D eigenvalue weighted by molar-refractivity contribution is 0.0785. The van der Waals surface area contributed by atoms with E-state index in [-0.39, 0.29) is 5.91 Å². The topological polar surface area (TPSA) is 63.5 Å². The van der Waals surface area contributed by atoms with Gasteiger partial charge in [0.1, 0.15) is 5.69 Å². The monoisotopic (exact) mass is 467 g/mol. The maximum absolute atomic E-state index is 13.6. The first-order valence-electron chi connectivity index (χ1n) is 11.9. The van der Waals surface area contributed by atoms with E-state index in [2.05, 4.69) is 46.3 Å². The van der Waals surface area contributed by atoms with Gasteiger partial charge in [0.15, 0.2) is 0 Å². The number of ether oxygens (including phenoxy) is 1. The normalized spacial score (nSPS) is 13.6. The smallest absolute Gasteiger partial charge is 0.257 e. The molecule has 0 radical (unpaired) electrons. The summed E-state index contributed by atoms with van der Waals surface area (Å²) >= 11 is 0. The summed E-state index contributed by atoms with van der Waals surface area (Å²) < 4.78 is 7.28. The molecule has 2 aromatic heterocycles. The van der Waals surface area contributed by atoms with Crippen molar-refractivity contribution in [2.45, 2.75) is 13.1 Å². The van der Waals surface area contributed by atoms with Crippen LogP contribution >= 0.6 is 0 Å². The van der Waals surface area contributed by atoms with Gasteiger partial charge in [0.25, 0.3) is 5.91 Å². The first-order valence-corrected chi connectivity index (χ1v) is 11.9. The Morgan fingerprint density at radius 1 is 0.971 bits per heavy atom. The highest BCUT2D eigenvalue weighted by molar-refractivity contribution is 5.99. The number of amides is 1. The number of hydrogen-bond donors (Lipinski definition) is 0. The van der Waals surface area contributed by atoms with Gasteiger partial charge in [0.2, 0.25) is 0 Å². The minimum atomic E-state index is -0.0691. The number of carbonyl (C=O) groups is 1. The lowest BCUT2D eigenvalue weighted by atomic mass is 10.1. The Bertz CT molecular complexity index is 1250. The van der Waals surface area contributed by atoms with E-state index in [9.17, 15) is 4.79 Å². The Kier molecular flexibility index (Phi) is 6.86. The molecule has 0 N–H and O–H groups in total. The quantitative estimate of drug-likeness (QED) is 0.410. The lowest BCUT2D eigenvalue weighted by Gasteiger charge is -2.29. The Morgan fingerprint density at radius 3 is 2.46 bits per heavy atom. The van der Waals surface area contributed by atoms with Crippen molar-refractivity contribution in [2.75, 3.05) is 38.3 Å². The van der Waals surface area contributed by atoms with Crippen LogP contribution in [0.4, 0.5) is 5.69 Å². The second-order valence-corrected chi connectivity index (χ2v) is 8.74. The SMILES string of the molecule is CN(Cc1ccc(N2CCOCC2)cc1)C(=O)c1cn(Cc2ccccc2)nc1-c1cccnc1. The molecule has 1 amide bonds. The Labute approximate surface area is 205 Å². The molecule has 0 spiro atoms. The third-order valence-corrected chi connectivity index (χ3v) is 6.19. The molecule has 1 aliphatic rings. The van der Waals surface area contributed by atoms with Gasteiger partial charge in [-0.25, -0.2) is 0 Å². The van der Waals surface area contributed by atoms with Crippen LogP contribution in [0.2, 0.25) is 0 Å². The van der Waals surface area contributed by atoms with Crippen LogP contribution in [0.25, 0.3) is 11.3 Å². The predicted molar refractivity (Wildman–Crippen MR) is 136 cm³/mol. The fourth-order valence-electron chi connectivity index (χ4n) is 4.33. The van der Waals surface area contributed by atoms with Crippen LogP contribution in [0.1, 0.15) is 21.5 Å². The van der Waals surface area contributed by atoms with Crippen LogP contribution in [-0.4, -0.2) is 58.9 Å². The maximum atomic E-state index is 13.6. The highest BCUT2D eigenvalue weighted by Crippen LogP contribution is 2.24. The summed E-state index contributed by atoms with van der Waals surface area (Å²) in [7, 11) is 1.83. The molecule has 3 heterocycles. The average molecular weight is 468 g/mol. The first kappa shape index (κ1) is 22.8. The van der Waals surface area contributed by atoms with Crippen LogP contribution in [0.5, 0.6) is 0 Å². The van der Waals surface area contributed by atoms with Gasteiger partial charge in [0, 0.05) is 56.5 Å². The molecule has 0 bridgehead atoms. The molecular formula is C28H29N5O2. The fraction of sp³-hybridized carbons (Fsp3) is 0.250. The van der Waals surface area contributed by atoms with E-state index in [4.69, 9.17) is 9.84 Å². The summed E-state index contributed by atoms with van der Waals surface area (Å²) in [6.45, 7) is 4.43. The van der Waals surface area contributed by atoms with Gasteiger partial charge < -0.3 is 14.5 Å². The van der Waals surface area contributed by atoms with Crippen molar-refractivity contribution in [1.29, 1.82) is 0 Å². The zero-order valence-corrected chi connectivity index (χ0v) is 19.9. The van der Waals surface area contributed by atoms with E-state index < -0.39 is 0 Å². The molecule has 1 fully saturated rings. The summed E-state index contributed by atoms with van der Waals surface area (Å²) in [6.07, 6.45) is 5.31. The van der Waals surface area contributed by atoms with Gasteiger partial charge in [-0.05, 0) is 35.4 Å². The number of hydrogen-bond acceptors (Lipinski definition) is 5. The second kappa shape index (κ2) is 10.5.